The lowest BCUT2D eigenvalue weighted by Crippen LogP contribution is -2.44. The fourth-order valence-electron chi connectivity index (χ4n) is 6.41. The normalized spacial score (nSPS) is 27.5. The van der Waals surface area contributed by atoms with Gasteiger partial charge in [0.15, 0.2) is 6.04 Å². The van der Waals surface area contributed by atoms with Gasteiger partial charge in [-0.25, -0.2) is 4.99 Å². The summed E-state index contributed by atoms with van der Waals surface area (Å²) < 4.78 is 54.5. The van der Waals surface area contributed by atoms with Crippen LogP contribution in [0.2, 0.25) is 0 Å². The number of amides is 1. The molecular weight excluding hydrogens is 549 g/mol. The van der Waals surface area contributed by atoms with Crippen molar-refractivity contribution < 1.29 is 22.5 Å². The van der Waals surface area contributed by atoms with Crippen LogP contribution in [0.5, 0.6) is 0 Å². The first-order chi connectivity index (χ1) is 18.4. The van der Waals surface area contributed by atoms with E-state index in [1.807, 2.05) is 13.0 Å². The Kier molecular flexibility index (Phi) is 7.76. The molecule has 1 aromatic rings. The maximum absolute atomic E-state index is 14.3. The Labute approximate surface area is 235 Å². The molecule has 1 aromatic carbocycles. The standard InChI is InChI=1S/C28H34ClF3N4O2S/c1-18-24(36-17-21(29)16-23(36)33-2)27(10-11-27)12-13-35(18)22-6-4-19(5-7-22)25(28(30,31)32)34(3)26(37)20-8-14-39(38)15-9-20/h4-7,16,20-21,25H,2,8-15,17H2,1,3H3/t20?,21?,25-,39?/m0/s1. The number of halogens is 4. The highest BCUT2D eigenvalue weighted by Crippen LogP contribution is 2.60. The molecule has 4 aliphatic rings. The van der Waals surface area contributed by atoms with Crippen molar-refractivity contribution in [2.45, 2.75) is 56.6 Å². The van der Waals surface area contributed by atoms with Crippen LogP contribution in [0.15, 0.2) is 52.5 Å². The molecule has 3 heterocycles. The van der Waals surface area contributed by atoms with Crippen molar-refractivity contribution in [3.63, 3.8) is 0 Å². The van der Waals surface area contributed by atoms with Gasteiger partial charge in [-0.15, -0.1) is 11.6 Å². The molecule has 212 valence electrons. The van der Waals surface area contributed by atoms with Crippen LogP contribution in [0.1, 0.15) is 50.6 Å². The number of benzene rings is 1. The number of nitrogens with zero attached hydrogens (tertiary/aromatic N) is 4. The molecule has 6 nitrogen and oxygen atoms in total. The summed E-state index contributed by atoms with van der Waals surface area (Å²) in [6.07, 6.45) is 1.08. The Morgan fingerprint density at radius 2 is 1.85 bits per heavy atom. The summed E-state index contributed by atoms with van der Waals surface area (Å²) in [6.45, 7) is 7.13. The van der Waals surface area contributed by atoms with Gasteiger partial charge in [0.1, 0.15) is 17.3 Å². The van der Waals surface area contributed by atoms with Crippen LogP contribution in [0.3, 0.4) is 0 Å². The molecular formula is C28H34ClF3N4O2S. The van der Waals surface area contributed by atoms with Gasteiger partial charge in [0.2, 0.25) is 5.91 Å². The Balaban J connectivity index is 1.41. The minimum atomic E-state index is -4.63. The third kappa shape index (κ3) is 5.44. The number of rotatable bonds is 6. The van der Waals surface area contributed by atoms with Crippen LogP contribution >= 0.6 is 11.6 Å². The van der Waals surface area contributed by atoms with E-state index in [0.29, 0.717) is 30.9 Å². The maximum Gasteiger partial charge on any atom is 0.413 e. The molecule has 39 heavy (non-hydrogen) atoms. The van der Waals surface area contributed by atoms with Crippen molar-refractivity contribution >= 4 is 41.1 Å². The molecule has 0 aromatic heterocycles. The number of carbonyl (C=O) groups excluding carboxylic acids is 1. The van der Waals surface area contributed by atoms with Gasteiger partial charge < -0.3 is 19.3 Å². The van der Waals surface area contributed by atoms with Crippen molar-refractivity contribution in [2.75, 3.05) is 36.5 Å². The van der Waals surface area contributed by atoms with Crippen LogP contribution in [0.25, 0.3) is 0 Å². The summed E-state index contributed by atoms with van der Waals surface area (Å²) >= 11 is 5.43. The summed E-state index contributed by atoms with van der Waals surface area (Å²) in [4.78, 5) is 22.3. The average Bonchev–Trinajstić information content (AvgIpc) is 3.56. The van der Waals surface area contributed by atoms with Gasteiger partial charge in [0.25, 0.3) is 0 Å². The largest absolute Gasteiger partial charge is 0.616 e. The molecule has 11 heteroatoms. The van der Waals surface area contributed by atoms with Crippen LogP contribution in [0, 0.1) is 11.3 Å². The summed E-state index contributed by atoms with van der Waals surface area (Å²) in [5, 5.41) is -0.161. The molecule has 1 aliphatic carbocycles. The van der Waals surface area contributed by atoms with E-state index in [0.717, 1.165) is 47.9 Å². The number of hydrogen-bond acceptors (Lipinski definition) is 5. The van der Waals surface area contributed by atoms with E-state index in [1.54, 1.807) is 12.1 Å². The number of hydrogen-bond donors (Lipinski definition) is 0. The fourth-order valence-corrected chi connectivity index (χ4v) is 7.96. The fraction of sp³-hybridized carbons (Fsp3) is 0.571. The topological polar surface area (TPSA) is 62.2 Å². The Bertz CT molecular complexity index is 1180. The lowest BCUT2D eigenvalue weighted by molar-refractivity contribution is -0.190. The third-order valence-corrected chi connectivity index (χ3v) is 10.3. The van der Waals surface area contributed by atoms with Gasteiger partial charge in [-0.2, -0.15) is 13.2 Å². The quantitative estimate of drug-likeness (QED) is 0.249. The minimum Gasteiger partial charge on any atom is -0.616 e. The molecule has 2 fully saturated rings. The zero-order chi connectivity index (χ0) is 28.1. The van der Waals surface area contributed by atoms with Crippen molar-refractivity contribution in [2.24, 2.45) is 16.3 Å². The molecule has 0 bridgehead atoms. The van der Waals surface area contributed by atoms with Gasteiger partial charge in [-0.3, -0.25) is 4.79 Å². The number of anilines is 1. The lowest BCUT2D eigenvalue weighted by Gasteiger charge is -2.41. The molecule has 5 rings (SSSR count). The predicted molar refractivity (Wildman–Crippen MR) is 149 cm³/mol. The van der Waals surface area contributed by atoms with E-state index in [2.05, 4.69) is 21.5 Å². The number of aliphatic imine (C=N–C) groups is 1. The van der Waals surface area contributed by atoms with Crippen LogP contribution in [-0.2, 0) is 16.0 Å². The second-order valence-corrected chi connectivity index (χ2v) is 13.3. The lowest BCUT2D eigenvalue weighted by atomic mass is 9.90. The summed E-state index contributed by atoms with van der Waals surface area (Å²) in [5.41, 5.74) is 3.12. The first-order valence-corrected chi connectivity index (χ1v) is 15.2. The minimum absolute atomic E-state index is 0.0182. The van der Waals surface area contributed by atoms with Gasteiger partial charge in [-0.1, -0.05) is 23.3 Å². The average molecular weight is 583 g/mol. The van der Waals surface area contributed by atoms with Crippen LogP contribution < -0.4 is 4.90 Å². The number of alkyl halides is 4. The van der Waals surface area contributed by atoms with Gasteiger partial charge in [-0.05, 0) is 56.7 Å². The molecule has 1 saturated heterocycles. The highest BCUT2D eigenvalue weighted by molar-refractivity contribution is 7.91. The Morgan fingerprint density at radius 1 is 1.21 bits per heavy atom. The van der Waals surface area contributed by atoms with Gasteiger partial charge >= 0.3 is 6.18 Å². The van der Waals surface area contributed by atoms with E-state index in [-0.39, 0.29) is 16.4 Å². The van der Waals surface area contributed by atoms with Crippen molar-refractivity contribution in [3.05, 3.63) is 53.1 Å². The van der Waals surface area contributed by atoms with E-state index in [1.165, 1.54) is 24.9 Å². The van der Waals surface area contributed by atoms with Crippen LogP contribution in [0.4, 0.5) is 18.9 Å². The second kappa shape index (κ2) is 10.7. The molecule has 1 unspecified atom stereocenters. The smallest absolute Gasteiger partial charge is 0.413 e. The second-order valence-electron chi connectivity index (χ2n) is 11.0. The van der Waals surface area contributed by atoms with Gasteiger partial charge in [0.05, 0.1) is 5.38 Å². The zero-order valence-corrected chi connectivity index (χ0v) is 23.8. The number of carbonyl (C=O) groups is 1. The predicted octanol–water partition coefficient (Wildman–Crippen LogP) is 5.59. The molecule has 0 N–H and O–H groups in total. The highest BCUT2D eigenvalue weighted by Gasteiger charge is 2.53. The molecule has 3 aliphatic heterocycles. The molecule has 1 spiro atoms. The summed E-state index contributed by atoms with van der Waals surface area (Å²) in [7, 11) is 1.22. The summed E-state index contributed by atoms with van der Waals surface area (Å²) in [6, 6.07) is 4.32. The monoisotopic (exact) mass is 582 g/mol. The molecule has 1 saturated carbocycles. The zero-order valence-electron chi connectivity index (χ0n) is 22.2. The first kappa shape index (κ1) is 28.4. The Morgan fingerprint density at radius 3 is 2.41 bits per heavy atom. The van der Waals surface area contributed by atoms with E-state index >= 15 is 0 Å². The van der Waals surface area contributed by atoms with Crippen LogP contribution in [-0.4, -0.2) is 70.2 Å². The molecule has 0 radical (unpaired) electrons. The van der Waals surface area contributed by atoms with E-state index in [9.17, 15) is 22.5 Å². The van der Waals surface area contributed by atoms with Crippen molar-refractivity contribution in [3.8, 4) is 0 Å². The van der Waals surface area contributed by atoms with E-state index < -0.39 is 35.2 Å². The number of allylic oxidation sites excluding steroid dienone is 2. The van der Waals surface area contributed by atoms with E-state index in [4.69, 9.17) is 11.6 Å². The highest BCUT2D eigenvalue weighted by atomic mass is 35.5. The van der Waals surface area contributed by atoms with Crippen molar-refractivity contribution in [1.82, 2.24) is 9.80 Å². The Hall–Kier alpha value is -2.17. The first-order valence-electron chi connectivity index (χ1n) is 13.3. The molecule has 2 atom stereocenters. The SMILES string of the molecule is C=NC1=CC(Cl)CN1C1=C(C)N(c2ccc([C@H](N(C)C(=O)C3CC[S+]([O-])CC3)C(F)(F)F)cc2)CCC12CC2. The molecule has 1 amide bonds. The van der Waals surface area contributed by atoms with Gasteiger partial charge in [0, 0.05) is 61.4 Å². The maximum atomic E-state index is 14.3. The van der Waals surface area contributed by atoms with Crippen molar-refractivity contribution in [1.29, 1.82) is 0 Å². The third-order valence-electron chi connectivity index (χ3n) is 8.62. The summed E-state index contributed by atoms with van der Waals surface area (Å²) in [5.74, 6) is 0.372.